The molecule has 0 aliphatic carbocycles. The molecular weight excluding hydrogens is 438 g/mol. The Balaban J connectivity index is 1.45. The number of hydrogen-bond acceptors (Lipinski definition) is 4. The standard InChI is InChI=1S/C30H29NO4/c1-4-33-29-15-10-23(19-24(29)20-34-28-17-21(2)16-22(3)18-28)30(32)31-25-11-13-27(14-12-25)35-26-8-6-5-7-9-26/h5-19H,4,20H2,1-3H3,(H,31,32). The summed E-state index contributed by atoms with van der Waals surface area (Å²) >= 11 is 0. The second-order valence-electron chi connectivity index (χ2n) is 8.26. The normalized spacial score (nSPS) is 10.5. The highest BCUT2D eigenvalue weighted by Gasteiger charge is 2.12. The van der Waals surface area contributed by atoms with E-state index < -0.39 is 0 Å². The van der Waals surface area contributed by atoms with Gasteiger partial charge in [0.05, 0.1) is 6.61 Å². The molecule has 0 aliphatic rings. The largest absolute Gasteiger partial charge is 0.493 e. The van der Waals surface area contributed by atoms with Crippen molar-refractivity contribution in [2.75, 3.05) is 11.9 Å². The Labute approximate surface area is 206 Å². The van der Waals surface area contributed by atoms with Crippen LogP contribution < -0.4 is 19.5 Å². The zero-order valence-corrected chi connectivity index (χ0v) is 20.2. The van der Waals surface area contributed by atoms with Crippen LogP contribution in [0.25, 0.3) is 0 Å². The molecule has 0 atom stereocenters. The Bertz CT molecular complexity index is 1260. The summed E-state index contributed by atoms with van der Waals surface area (Å²) in [6.07, 6.45) is 0. The van der Waals surface area contributed by atoms with Crippen molar-refractivity contribution in [2.24, 2.45) is 0 Å². The topological polar surface area (TPSA) is 56.8 Å². The number of nitrogens with one attached hydrogen (secondary N) is 1. The summed E-state index contributed by atoms with van der Waals surface area (Å²) in [6, 6.07) is 28.3. The van der Waals surface area contributed by atoms with Crippen LogP contribution in [0.3, 0.4) is 0 Å². The van der Waals surface area contributed by atoms with E-state index in [1.54, 1.807) is 6.07 Å². The molecule has 1 amide bonds. The number of amides is 1. The number of benzene rings is 4. The number of carbonyl (C=O) groups excluding carboxylic acids is 1. The minimum Gasteiger partial charge on any atom is -0.493 e. The number of carbonyl (C=O) groups is 1. The van der Waals surface area contributed by atoms with Gasteiger partial charge in [-0.1, -0.05) is 24.3 Å². The van der Waals surface area contributed by atoms with E-state index in [0.29, 0.717) is 36.0 Å². The van der Waals surface area contributed by atoms with Gasteiger partial charge in [-0.25, -0.2) is 0 Å². The second-order valence-corrected chi connectivity index (χ2v) is 8.26. The molecule has 4 aromatic carbocycles. The summed E-state index contributed by atoms with van der Waals surface area (Å²) < 4.78 is 17.6. The fourth-order valence-corrected chi connectivity index (χ4v) is 3.74. The molecule has 5 heteroatoms. The van der Waals surface area contributed by atoms with E-state index in [9.17, 15) is 4.79 Å². The van der Waals surface area contributed by atoms with Gasteiger partial charge in [0.15, 0.2) is 0 Å². The van der Waals surface area contributed by atoms with Gasteiger partial charge >= 0.3 is 0 Å². The van der Waals surface area contributed by atoms with Crippen LogP contribution in [0.15, 0.2) is 91.0 Å². The highest BCUT2D eigenvalue weighted by molar-refractivity contribution is 6.04. The predicted octanol–water partition coefficient (Wildman–Crippen LogP) is 7.33. The first-order chi connectivity index (χ1) is 17.0. The smallest absolute Gasteiger partial charge is 0.255 e. The van der Waals surface area contributed by atoms with Gasteiger partial charge in [0.1, 0.15) is 29.6 Å². The number of para-hydroxylation sites is 1. The van der Waals surface area contributed by atoms with E-state index in [2.05, 4.69) is 11.4 Å². The third kappa shape index (κ3) is 6.64. The Kier molecular flexibility index (Phi) is 7.68. The minimum atomic E-state index is -0.211. The molecule has 0 heterocycles. The van der Waals surface area contributed by atoms with Crippen molar-refractivity contribution in [1.82, 2.24) is 0 Å². The second kappa shape index (κ2) is 11.3. The van der Waals surface area contributed by atoms with Gasteiger partial charge in [0, 0.05) is 16.8 Å². The maximum Gasteiger partial charge on any atom is 0.255 e. The molecule has 4 aromatic rings. The molecule has 35 heavy (non-hydrogen) atoms. The maximum atomic E-state index is 13.0. The van der Waals surface area contributed by atoms with Gasteiger partial charge in [-0.3, -0.25) is 4.79 Å². The molecule has 4 rings (SSSR count). The van der Waals surface area contributed by atoms with E-state index in [4.69, 9.17) is 14.2 Å². The van der Waals surface area contributed by atoms with Gasteiger partial charge in [0.25, 0.3) is 5.91 Å². The van der Waals surface area contributed by atoms with Gasteiger partial charge in [0.2, 0.25) is 0 Å². The van der Waals surface area contributed by atoms with Crippen LogP contribution in [0, 0.1) is 13.8 Å². The van der Waals surface area contributed by atoms with Gasteiger partial charge in [-0.15, -0.1) is 0 Å². The van der Waals surface area contributed by atoms with Crippen molar-refractivity contribution in [3.63, 3.8) is 0 Å². The summed E-state index contributed by atoms with van der Waals surface area (Å²) in [4.78, 5) is 13.0. The van der Waals surface area contributed by atoms with Gasteiger partial charge in [-0.2, -0.15) is 0 Å². The Morgan fingerprint density at radius 3 is 2.11 bits per heavy atom. The molecular formula is C30H29NO4. The maximum absolute atomic E-state index is 13.0. The first-order valence-corrected chi connectivity index (χ1v) is 11.6. The average molecular weight is 468 g/mol. The first kappa shape index (κ1) is 23.9. The van der Waals surface area contributed by atoms with Crippen molar-refractivity contribution in [2.45, 2.75) is 27.4 Å². The molecule has 0 bridgehead atoms. The van der Waals surface area contributed by atoms with Crippen LogP contribution in [0.4, 0.5) is 5.69 Å². The number of aryl methyl sites for hydroxylation is 2. The Morgan fingerprint density at radius 2 is 1.43 bits per heavy atom. The molecule has 0 saturated heterocycles. The van der Waals surface area contributed by atoms with Crippen molar-refractivity contribution >= 4 is 11.6 Å². The lowest BCUT2D eigenvalue weighted by Crippen LogP contribution is -2.13. The van der Waals surface area contributed by atoms with Crippen molar-refractivity contribution < 1.29 is 19.0 Å². The molecule has 178 valence electrons. The quantitative estimate of drug-likeness (QED) is 0.280. The molecule has 1 N–H and O–H groups in total. The molecule has 0 aromatic heterocycles. The SMILES string of the molecule is CCOc1ccc(C(=O)Nc2ccc(Oc3ccccc3)cc2)cc1COc1cc(C)cc(C)c1. The molecule has 0 saturated carbocycles. The Hall–Kier alpha value is -4.25. The lowest BCUT2D eigenvalue weighted by Gasteiger charge is -2.14. The van der Waals surface area contributed by atoms with Crippen LogP contribution in [-0.4, -0.2) is 12.5 Å². The molecule has 5 nitrogen and oxygen atoms in total. The first-order valence-electron chi connectivity index (χ1n) is 11.6. The minimum absolute atomic E-state index is 0.211. The van der Waals surface area contributed by atoms with Crippen LogP contribution in [0.1, 0.15) is 34.0 Å². The molecule has 0 radical (unpaired) electrons. The number of anilines is 1. The van der Waals surface area contributed by atoms with Gasteiger partial charge < -0.3 is 19.5 Å². The van der Waals surface area contributed by atoms with Gasteiger partial charge in [-0.05, 0) is 98.6 Å². The fourth-order valence-electron chi connectivity index (χ4n) is 3.74. The monoisotopic (exact) mass is 467 g/mol. The summed E-state index contributed by atoms with van der Waals surface area (Å²) in [5.74, 6) is 2.74. The van der Waals surface area contributed by atoms with Crippen LogP contribution in [0.2, 0.25) is 0 Å². The summed E-state index contributed by atoms with van der Waals surface area (Å²) in [7, 11) is 0. The van der Waals surface area contributed by atoms with Crippen LogP contribution >= 0.6 is 0 Å². The number of ether oxygens (including phenoxy) is 3. The lowest BCUT2D eigenvalue weighted by molar-refractivity contribution is 0.102. The van der Waals surface area contributed by atoms with E-state index in [0.717, 1.165) is 28.2 Å². The third-order valence-electron chi connectivity index (χ3n) is 5.30. The van der Waals surface area contributed by atoms with E-state index in [1.165, 1.54) is 0 Å². The molecule has 0 spiro atoms. The zero-order chi connectivity index (χ0) is 24.6. The molecule has 0 unspecified atom stereocenters. The highest BCUT2D eigenvalue weighted by atomic mass is 16.5. The molecule has 0 fully saturated rings. The fraction of sp³-hybridized carbons (Fsp3) is 0.167. The predicted molar refractivity (Wildman–Crippen MR) is 139 cm³/mol. The number of hydrogen-bond donors (Lipinski definition) is 1. The lowest BCUT2D eigenvalue weighted by atomic mass is 10.1. The third-order valence-corrected chi connectivity index (χ3v) is 5.30. The summed E-state index contributed by atoms with van der Waals surface area (Å²) in [5.41, 5.74) is 4.29. The van der Waals surface area contributed by atoms with Crippen LogP contribution in [0.5, 0.6) is 23.0 Å². The van der Waals surface area contributed by atoms with Crippen molar-refractivity contribution in [1.29, 1.82) is 0 Å². The van der Waals surface area contributed by atoms with E-state index >= 15 is 0 Å². The average Bonchev–Trinajstić information content (AvgIpc) is 2.85. The number of rotatable bonds is 9. The van der Waals surface area contributed by atoms with Crippen LogP contribution in [-0.2, 0) is 6.61 Å². The molecule has 0 aliphatic heterocycles. The van der Waals surface area contributed by atoms with E-state index in [-0.39, 0.29) is 5.91 Å². The Morgan fingerprint density at radius 1 is 0.743 bits per heavy atom. The van der Waals surface area contributed by atoms with E-state index in [1.807, 2.05) is 99.6 Å². The highest BCUT2D eigenvalue weighted by Crippen LogP contribution is 2.26. The zero-order valence-electron chi connectivity index (χ0n) is 20.2. The van der Waals surface area contributed by atoms with Crippen molar-refractivity contribution in [3.05, 3.63) is 113 Å². The summed E-state index contributed by atoms with van der Waals surface area (Å²) in [6.45, 7) is 6.83. The van der Waals surface area contributed by atoms with Crippen molar-refractivity contribution in [3.8, 4) is 23.0 Å². The summed E-state index contributed by atoms with van der Waals surface area (Å²) in [5, 5.41) is 2.94.